The van der Waals surface area contributed by atoms with Crippen molar-refractivity contribution in [3.05, 3.63) is 52.4 Å². The third-order valence-electron chi connectivity index (χ3n) is 3.93. The molecule has 0 aliphatic rings. The first kappa shape index (κ1) is 16.8. The molecule has 0 bridgehead atoms. The molecule has 2 aromatic rings. The minimum atomic E-state index is -0.964. The van der Waals surface area contributed by atoms with Gasteiger partial charge in [-0.05, 0) is 49.6 Å². The molecule has 2 rings (SSSR count). The van der Waals surface area contributed by atoms with E-state index in [0.29, 0.717) is 6.54 Å². The Morgan fingerprint density at radius 3 is 2.70 bits per heavy atom. The Bertz CT molecular complexity index is 745. The number of carboxylic acid groups (broad SMARTS) is 1. The van der Waals surface area contributed by atoms with E-state index < -0.39 is 5.97 Å². The summed E-state index contributed by atoms with van der Waals surface area (Å²) in [5.74, 6) is -0.198. The number of carbonyl (C=O) groups is 1. The lowest BCUT2D eigenvalue weighted by atomic mass is 10.1. The number of carboxylic acids is 1. The molecule has 0 unspecified atom stereocenters. The van der Waals surface area contributed by atoms with Gasteiger partial charge in [-0.1, -0.05) is 13.0 Å². The number of methoxy groups -OCH3 is 1. The van der Waals surface area contributed by atoms with Crippen LogP contribution in [0.3, 0.4) is 0 Å². The van der Waals surface area contributed by atoms with Crippen LogP contribution in [-0.2, 0) is 17.8 Å². The molecular weight excluding hydrogens is 292 g/mol. The second-order valence-corrected chi connectivity index (χ2v) is 5.40. The van der Waals surface area contributed by atoms with Crippen molar-refractivity contribution in [3.63, 3.8) is 0 Å². The monoisotopic (exact) mass is 314 g/mol. The number of ether oxygens (including phenoxy) is 1. The van der Waals surface area contributed by atoms with Gasteiger partial charge in [0.05, 0.1) is 19.3 Å². The molecule has 0 aliphatic carbocycles. The van der Waals surface area contributed by atoms with Crippen molar-refractivity contribution >= 4 is 12.0 Å². The maximum absolute atomic E-state index is 10.7. The summed E-state index contributed by atoms with van der Waals surface area (Å²) in [5, 5.41) is 13.4. The number of rotatable bonds is 6. The summed E-state index contributed by atoms with van der Waals surface area (Å²) in [4.78, 5) is 10.7. The van der Waals surface area contributed by atoms with Crippen LogP contribution in [0.1, 0.15) is 35.0 Å². The molecule has 1 N–H and O–H groups in total. The Morgan fingerprint density at radius 1 is 1.39 bits per heavy atom. The van der Waals surface area contributed by atoms with E-state index in [0.717, 1.165) is 40.8 Å². The summed E-state index contributed by atoms with van der Waals surface area (Å²) in [7, 11) is 1.63. The Kier molecular flexibility index (Phi) is 5.21. The van der Waals surface area contributed by atoms with Crippen molar-refractivity contribution in [3.8, 4) is 5.75 Å². The number of nitrogens with zero attached hydrogens (tertiary/aromatic N) is 2. The van der Waals surface area contributed by atoms with E-state index in [4.69, 9.17) is 9.84 Å². The van der Waals surface area contributed by atoms with E-state index in [-0.39, 0.29) is 0 Å². The number of hydrogen-bond donors (Lipinski definition) is 1. The average Bonchev–Trinajstić information content (AvgIpc) is 2.79. The zero-order valence-electron chi connectivity index (χ0n) is 14.0. The fraction of sp³-hybridized carbons (Fsp3) is 0.333. The van der Waals surface area contributed by atoms with Gasteiger partial charge in [0.1, 0.15) is 5.75 Å². The zero-order valence-corrected chi connectivity index (χ0v) is 14.0. The van der Waals surface area contributed by atoms with Crippen molar-refractivity contribution in [1.82, 2.24) is 9.78 Å². The highest BCUT2D eigenvalue weighted by molar-refractivity contribution is 5.85. The van der Waals surface area contributed by atoms with Crippen LogP contribution in [0.25, 0.3) is 6.08 Å². The van der Waals surface area contributed by atoms with Gasteiger partial charge in [0.25, 0.3) is 0 Å². The minimum absolute atomic E-state index is 0.588. The topological polar surface area (TPSA) is 64.4 Å². The average molecular weight is 314 g/mol. The molecule has 0 fully saturated rings. The first-order valence-electron chi connectivity index (χ1n) is 7.57. The van der Waals surface area contributed by atoms with Gasteiger partial charge in [-0.25, -0.2) is 4.79 Å². The van der Waals surface area contributed by atoms with Gasteiger partial charge in [-0.15, -0.1) is 0 Å². The van der Waals surface area contributed by atoms with Gasteiger partial charge in [0.15, 0.2) is 0 Å². The summed E-state index contributed by atoms with van der Waals surface area (Å²) >= 11 is 0. The van der Waals surface area contributed by atoms with Gasteiger partial charge in [0.2, 0.25) is 0 Å². The quantitative estimate of drug-likeness (QED) is 0.832. The van der Waals surface area contributed by atoms with Gasteiger partial charge in [-0.3, -0.25) is 4.68 Å². The number of benzene rings is 1. The van der Waals surface area contributed by atoms with E-state index >= 15 is 0 Å². The normalized spacial score (nSPS) is 11.1. The SMILES string of the molecule is CCc1c(C)nn(Cc2cc(/C=C/C(=O)O)ccc2OC)c1C. The number of aliphatic carboxylic acids is 1. The van der Waals surface area contributed by atoms with Crippen molar-refractivity contribution < 1.29 is 14.6 Å². The van der Waals surface area contributed by atoms with Gasteiger partial charge in [-0.2, -0.15) is 5.10 Å². The largest absolute Gasteiger partial charge is 0.496 e. The highest BCUT2D eigenvalue weighted by atomic mass is 16.5. The first-order chi connectivity index (χ1) is 11.0. The van der Waals surface area contributed by atoms with Crippen molar-refractivity contribution in [2.24, 2.45) is 0 Å². The molecule has 1 aromatic heterocycles. The highest BCUT2D eigenvalue weighted by Crippen LogP contribution is 2.23. The summed E-state index contributed by atoms with van der Waals surface area (Å²) in [5.41, 5.74) is 5.25. The standard InChI is InChI=1S/C18H22N2O3/c1-5-16-12(2)19-20(13(16)3)11-15-10-14(7-9-18(21)22)6-8-17(15)23-4/h6-10H,5,11H2,1-4H3,(H,21,22)/b9-7+. The second kappa shape index (κ2) is 7.13. The Balaban J connectivity index is 2.38. The summed E-state index contributed by atoms with van der Waals surface area (Å²) < 4.78 is 7.39. The molecule has 5 nitrogen and oxygen atoms in total. The molecule has 0 atom stereocenters. The van der Waals surface area contributed by atoms with Crippen LogP contribution < -0.4 is 4.74 Å². The van der Waals surface area contributed by atoms with Crippen LogP contribution >= 0.6 is 0 Å². The van der Waals surface area contributed by atoms with E-state index in [9.17, 15) is 4.79 Å². The summed E-state index contributed by atoms with van der Waals surface area (Å²) in [6.07, 6.45) is 3.66. The van der Waals surface area contributed by atoms with Crippen LogP contribution in [0.2, 0.25) is 0 Å². The third kappa shape index (κ3) is 3.80. The molecule has 1 heterocycles. The minimum Gasteiger partial charge on any atom is -0.496 e. The van der Waals surface area contributed by atoms with E-state index in [2.05, 4.69) is 18.9 Å². The van der Waals surface area contributed by atoms with Crippen LogP contribution in [0.4, 0.5) is 0 Å². The van der Waals surface area contributed by atoms with Crippen LogP contribution in [-0.4, -0.2) is 28.0 Å². The Hall–Kier alpha value is -2.56. The van der Waals surface area contributed by atoms with Crippen molar-refractivity contribution in [2.75, 3.05) is 7.11 Å². The van der Waals surface area contributed by atoms with Crippen LogP contribution in [0.5, 0.6) is 5.75 Å². The molecule has 0 radical (unpaired) electrons. The van der Waals surface area contributed by atoms with Crippen molar-refractivity contribution in [1.29, 1.82) is 0 Å². The van der Waals surface area contributed by atoms with Gasteiger partial charge < -0.3 is 9.84 Å². The Morgan fingerprint density at radius 2 is 2.13 bits per heavy atom. The second-order valence-electron chi connectivity index (χ2n) is 5.40. The predicted molar refractivity (Wildman–Crippen MR) is 89.8 cm³/mol. The zero-order chi connectivity index (χ0) is 17.0. The molecule has 5 heteroatoms. The molecule has 23 heavy (non-hydrogen) atoms. The summed E-state index contributed by atoms with van der Waals surface area (Å²) in [6.45, 7) is 6.80. The fourth-order valence-corrected chi connectivity index (χ4v) is 2.75. The molecule has 122 valence electrons. The lowest BCUT2D eigenvalue weighted by Crippen LogP contribution is -2.06. The van der Waals surface area contributed by atoms with E-state index in [1.165, 1.54) is 5.56 Å². The first-order valence-corrected chi connectivity index (χ1v) is 7.57. The maximum Gasteiger partial charge on any atom is 0.328 e. The van der Waals surface area contributed by atoms with E-state index in [1.807, 2.05) is 29.8 Å². The number of aromatic nitrogens is 2. The molecule has 0 saturated carbocycles. The fourth-order valence-electron chi connectivity index (χ4n) is 2.75. The summed E-state index contributed by atoms with van der Waals surface area (Å²) in [6, 6.07) is 5.62. The van der Waals surface area contributed by atoms with Gasteiger partial charge in [0, 0.05) is 17.3 Å². The van der Waals surface area contributed by atoms with Gasteiger partial charge >= 0.3 is 5.97 Å². The van der Waals surface area contributed by atoms with Crippen LogP contribution in [0.15, 0.2) is 24.3 Å². The lowest BCUT2D eigenvalue weighted by Gasteiger charge is -2.11. The molecule has 0 aliphatic heterocycles. The highest BCUT2D eigenvalue weighted by Gasteiger charge is 2.12. The molecule has 0 amide bonds. The van der Waals surface area contributed by atoms with Crippen LogP contribution in [0, 0.1) is 13.8 Å². The predicted octanol–water partition coefficient (Wildman–Crippen LogP) is 3.22. The van der Waals surface area contributed by atoms with Crippen molar-refractivity contribution in [2.45, 2.75) is 33.7 Å². The molecule has 1 aromatic carbocycles. The maximum atomic E-state index is 10.7. The molecule has 0 saturated heterocycles. The smallest absolute Gasteiger partial charge is 0.328 e. The number of aryl methyl sites for hydroxylation is 1. The van der Waals surface area contributed by atoms with E-state index in [1.54, 1.807) is 13.2 Å². The molecular formula is C18H22N2O3. The number of hydrogen-bond acceptors (Lipinski definition) is 3. The lowest BCUT2D eigenvalue weighted by molar-refractivity contribution is -0.131. The molecule has 0 spiro atoms. The third-order valence-corrected chi connectivity index (χ3v) is 3.93. The Labute approximate surface area is 136 Å².